The van der Waals surface area contributed by atoms with Crippen LogP contribution in [0.2, 0.25) is 0 Å². The van der Waals surface area contributed by atoms with E-state index in [9.17, 15) is 4.79 Å². The Labute approximate surface area is 128 Å². The molecule has 0 fully saturated rings. The highest BCUT2D eigenvalue weighted by molar-refractivity contribution is 5.81. The zero-order chi connectivity index (χ0) is 15.8. The van der Waals surface area contributed by atoms with Crippen LogP contribution in [0.1, 0.15) is 40.2 Å². The second-order valence-electron chi connectivity index (χ2n) is 6.06. The van der Waals surface area contributed by atoms with Gasteiger partial charge in [0.05, 0.1) is 12.1 Å². The fourth-order valence-corrected chi connectivity index (χ4v) is 1.82. The summed E-state index contributed by atoms with van der Waals surface area (Å²) >= 11 is 0. The highest BCUT2D eigenvalue weighted by atomic mass is 16.5. The number of benzene rings is 1. The molecule has 118 valence electrons. The maximum absolute atomic E-state index is 11.9. The molecular weight excluding hydrogens is 264 g/mol. The number of amides is 1. The van der Waals surface area contributed by atoms with E-state index < -0.39 is 0 Å². The van der Waals surface area contributed by atoms with E-state index in [1.54, 1.807) is 0 Å². The third-order valence-electron chi connectivity index (χ3n) is 2.96. The van der Waals surface area contributed by atoms with Crippen molar-refractivity contribution in [3.63, 3.8) is 0 Å². The topological polar surface area (TPSA) is 50.4 Å². The van der Waals surface area contributed by atoms with Crippen LogP contribution in [-0.2, 0) is 11.3 Å². The first kappa shape index (κ1) is 17.5. The van der Waals surface area contributed by atoms with Crippen LogP contribution in [0.15, 0.2) is 24.3 Å². The van der Waals surface area contributed by atoms with Crippen LogP contribution in [0.4, 0.5) is 0 Å². The summed E-state index contributed by atoms with van der Waals surface area (Å²) in [5.41, 5.74) is 1.11. The second kappa shape index (κ2) is 8.67. The minimum Gasteiger partial charge on any atom is -0.491 e. The molecule has 1 unspecified atom stereocenters. The number of nitrogens with one attached hydrogen (secondary N) is 2. The van der Waals surface area contributed by atoms with Gasteiger partial charge in [-0.2, -0.15) is 0 Å². The Kier molecular flexibility index (Phi) is 7.23. The fraction of sp³-hybridized carbons (Fsp3) is 0.588. The minimum atomic E-state index is -0.210. The third kappa shape index (κ3) is 7.14. The van der Waals surface area contributed by atoms with E-state index in [4.69, 9.17) is 4.74 Å². The van der Waals surface area contributed by atoms with Crippen LogP contribution < -0.4 is 15.4 Å². The largest absolute Gasteiger partial charge is 0.491 e. The molecule has 0 bridgehead atoms. The molecule has 4 nitrogen and oxygen atoms in total. The van der Waals surface area contributed by atoms with Crippen LogP contribution in [0, 0.1) is 5.92 Å². The summed E-state index contributed by atoms with van der Waals surface area (Å²) in [6.45, 7) is 11.4. The highest BCUT2D eigenvalue weighted by Crippen LogP contribution is 2.14. The molecule has 1 aromatic rings. The van der Waals surface area contributed by atoms with Crippen LogP contribution >= 0.6 is 0 Å². The molecule has 0 spiro atoms. The fourth-order valence-electron chi connectivity index (χ4n) is 1.82. The van der Waals surface area contributed by atoms with Crippen LogP contribution in [0.5, 0.6) is 5.75 Å². The van der Waals surface area contributed by atoms with E-state index in [0.29, 0.717) is 19.0 Å². The first-order valence-corrected chi connectivity index (χ1v) is 7.65. The van der Waals surface area contributed by atoms with Crippen molar-refractivity contribution in [2.45, 2.75) is 53.3 Å². The van der Waals surface area contributed by atoms with Gasteiger partial charge in [-0.3, -0.25) is 4.79 Å². The van der Waals surface area contributed by atoms with Crippen LogP contribution in [0.3, 0.4) is 0 Å². The quantitative estimate of drug-likeness (QED) is 0.774. The van der Waals surface area contributed by atoms with Crippen molar-refractivity contribution in [3.05, 3.63) is 29.8 Å². The van der Waals surface area contributed by atoms with Crippen molar-refractivity contribution in [1.29, 1.82) is 0 Å². The normalized spacial score (nSPS) is 12.5. The SMILES string of the molecule is CC(C)CNC(=O)C(C)NCc1cccc(OC(C)C)c1. The van der Waals surface area contributed by atoms with Gasteiger partial charge in [0.1, 0.15) is 5.75 Å². The lowest BCUT2D eigenvalue weighted by atomic mass is 10.2. The van der Waals surface area contributed by atoms with E-state index in [2.05, 4.69) is 24.5 Å². The molecule has 1 rings (SSSR count). The Morgan fingerprint density at radius 1 is 1.19 bits per heavy atom. The molecule has 0 saturated heterocycles. The Balaban J connectivity index is 2.45. The molecule has 1 atom stereocenters. The number of carbonyl (C=O) groups is 1. The molecule has 21 heavy (non-hydrogen) atoms. The summed E-state index contributed by atoms with van der Waals surface area (Å²) in [5.74, 6) is 1.37. The number of rotatable bonds is 8. The van der Waals surface area contributed by atoms with Crippen molar-refractivity contribution < 1.29 is 9.53 Å². The van der Waals surface area contributed by atoms with Gasteiger partial charge in [0.2, 0.25) is 5.91 Å². The second-order valence-corrected chi connectivity index (χ2v) is 6.06. The molecule has 1 amide bonds. The zero-order valence-electron chi connectivity index (χ0n) is 13.8. The molecule has 2 N–H and O–H groups in total. The monoisotopic (exact) mass is 292 g/mol. The smallest absolute Gasteiger partial charge is 0.236 e. The van der Waals surface area contributed by atoms with E-state index in [0.717, 1.165) is 11.3 Å². The number of carbonyl (C=O) groups excluding carboxylic acids is 1. The Morgan fingerprint density at radius 3 is 2.52 bits per heavy atom. The van der Waals surface area contributed by atoms with Gasteiger partial charge in [0.25, 0.3) is 0 Å². The van der Waals surface area contributed by atoms with E-state index in [1.165, 1.54) is 0 Å². The number of ether oxygens (including phenoxy) is 1. The van der Waals surface area contributed by atoms with Gasteiger partial charge < -0.3 is 15.4 Å². The van der Waals surface area contributed by atoms with Crippen molar-refractivity contribution in [2.75, 3.05) is 6.54 Å². The van der Waals surface area contributed by atoms with Crippen LogP contribution in [0.25, 0.3) is 0 Å². The standard InChI is InChI=1S/C17H28N2O2/c1-12(2)10-19-17(20)14(5)18-11-15-7-6-8-16(9-15)21-13(3)4/h6-9,12-14,18H,10-11H2,1-5H3,(H,19,20). The first-order valence-electron chi connectivity index (χ1n) is 7.65. The number of hydrogen-bond donors (Lipinski definition) is 2. The minimum absolute atomic E-state index is 0.0401. The van der Waals surface area contributed by atoms with Gasteiger partial charge in [-0.05, 0) is 44.4 Å². The number of hydrogen-bond acceptors (Lipinski definition) is 3. The lowest BCUT2D eigenvalue weighted by Gasteiger charge is -2.16. The summed E-state index contributed by atoms with van der Waals surface area (Å²) < 4.78 is 5.67. The molecule has 0 aliphatic rings. The Morgan fingerprint density at radius 2 is 1.90 bits per heavy atom. The molecule has 4 heteroatoms. The van der Waals surface area contributed by atoms with E-state index in [1.807, 2.05) is 45.0 Å². The lowest BCUT2D eigenvalue weighted by molar-refractivity contribution is -0.122. The van der Waals surface area contributed by atoms with Gasteiger partial charge in [-0.25, -0.2) is 0 Å². The van der Waals surface area contributed by atoms with Gasteiger partial charge >= 0.3 is 0 Å². The zero-order valence-corrected chi connectivity index (χ0v) is 13.8. The molecule has 0 radical (unpaired) electrons. The Bertz CT molecular complexity index is 444. The lowest BCUT2D eigenvalue weighted by Crippen LogP contribution is -2.42. The van der Waals surface area contributed by atoms with Crippen molar-refractivity contribution in [1.82, 2.24) is 10.6 Å². The summed E-state index contributed by atoms with van der Waals surface area (Å²) in [7, 11) is 0. The summed E-state index contributed by atoms with van der Waals surface area (Å²) in [4.78, 5) is 11.9. The highest BCUT2D eigenvalue weighted by Gasteiger charge is 2.12. The van der Waals surface area contributed by atoms with E-state index in [-0.39, 0.29) is 18.1 Å². The molecule has 0 aromatic heterocycles. The maximum atomic E-state index is 11.9. The van der Waals surface area contributed by atoms with Gasteiger partial charge in [-0.1, -0.05) is 26.0 Å². The predicted molar refractivity (Wildman–Crippen MR) is 86.4 cm³/mol. The maximum Gasteiger partial charge on any atom is 0.236 e. The summed E-state index contributed by atoms with van der Waals surface area (Å²) in [6, 6.07) is 7.74. The molecular formula is C17H28N2O2. The molecule has 0 heterocycles. The predicted octanol–water partition coefficient (Wildman–Crippen LogP) is 2.72. The van der Waals surface area contributed by atoms with Crippen molar-refractivity contribution >= 4 is 5.91 Å². The summed E-state index contributed by atoms with van der Waals surface area (Å²) in [5, 5.41) is 6.16. The summed E-state index contributed by atoms with van der Waals surface area (Å²) in [6.07, 6.45) is 0.161. The first-order chi connectivity index (χ1) is 9.88. The molecule has 1 aromatic carbocycles. The van der Waals surface area contributed by atoms with Crippen molar-refractivity contribution in [3.8, 4) is 5.75 Å². The molecule has 0 aliphatic carbocycles. The van der Waals surface area contributed by atoms with Crippen LogP contribution in [-0.4, -0.2) is 24.6 Å². The Hall–Kier alpha value is -1.55. The van der Waals surface area contributed by atoms with Crippen molar-refractivity contribution in [2.24, 2.45) is 5.92 Å². The average molecular weight is 292 g/mol. The molecule has 0 aliphatic heterocycles. The van der Waals surface area contributed by atoms with E-state index >= 15 is 0 Å². The van der Waals surface area contributed by atoms with Gasteiger partial charge in [0.15, 0.2) is 0 Å². The van der Waals surface area contributed by atoms with Gasteiger partial charge in [-0.15, -0.1) is 0 Å². The third-order valence-corrected chi connectivity index (χ3v) is 2.96. The average Bonchev–Trinajstić information content (AvgIpc) is 2.41. The molecule has 0 saturated carbocycles. The van der Waals surface area contributed by atoms with Gasteiger partial charge in [0, 0.05) is 13.1 Å².